The first-order valence-electron chi connectivity index (χ1n) is 6.72. The highest BCUT2D eigenvalue weighted by Gasteiger charge is 2.08. The number of carbonyl (C=O) groups excluding carboxylic acids is 1. The van der Waals surface area contributed by atoms with E-state index < -0.39 is 5.97 Å². The molecule has 0 atom stereocenters. The number of fused-ring (bicyclic) bond motifs is 1. The molecule has 0 aliphatic rings. The molecule has 0 spiro atoms. The first kappa shape index (κ1) is 15.1. The van der Waals surface area contributed by atoms with Crippen molar-refractivity contribution in [2.24, 2.45) is 0 Å². The van der Waals surface area contributed by atoms with Gasteiger partial charge < -0.3 is 10.1 Å². The van der Waals surface area contributed by atoms with Crippen molar-refractivity contribution >= 4 is 40.1 Å². The largest absolute Gasteiger partial charge is 0.465 e. The van der Waals surface area contributed by atoms with Gasteiger partial charge in [0, 0.05) is 10.7 Å². The Morgan fingerprint density at radius 2 is 2.09 bits per heavy atom. The molecule has 23 heavy (non-hydrogen) atoms. The molecule has 3 rings (SSSR count). The number of hydrogen-bond acceptors (Lipinski definition) is 5. The molecule has 1 heterocycles. The van der Waals surface area contributed by atoms with Gasteiger partial charge in [-0.1, -0.05) is 17.7 Å². The quantitative estimate of drug-likeness (QED) is 0.721. The lowest BCUT2D eigenvalue weighted by atomic mass is 10.2. The zero-order valence-electron chi connectivity index (χ0n) is 12.1. The SMILES string of the molecule is COC(=O)c1cccc(Nc2nc3cc(Cl)ccc3c(=O)[nH]2)c1. The van der Waals surface area contributed by atoms with Gasteiger partial charge in [-0.2, -0.15) is 0 Å². The molecule has 1 aromatic heterocycles. The summed E-state index contributed by atoms with van der Waals surface area (Å²) in [6, 6.07) is 11.5. The fourth-order valence-electron chi connectivity index (χ4n) is 2.15. The number of benzene rings is 2. The van der Waals surface area contributed by atoms with E-state index in [9.17, 15) is 9.59 Å². The number of rotatable bonds is 3. The number of carbonyl (C=O) groups is 1. The van der Waals surface area contributed by atoms with Crippen molar-refractivity contribution in [1.29, 1.82) is 0 Å². The number of anilines is 2. The lowest BCUT2D eigenvalue weighted by Gasteiger charge is -2.08. The Labute approximate surface area is 136 Å². The first-order chi connectivity index (χ1) is 11.1. The molecule has 0 radical (unpaired) electrons. The van der Waals surface area contributed by atoms with Crippen LogP contribution in [0.4, 0.5) is 11.6 Å². The van der Waals surface area contributed by atoms with Gasteiger partial charge in [-0.3, -0.25) is 9.78 Å². The second-order valence-corrected chi connectivity index (χ2v) is 5.21. The minimum Gasteiger partial charge on any atom is -0.465 e. The number of ether oxygens (including phenoxy) is 1. The molecule has 0 aliphatic carbocycles. The van der Waals surface area contributed by atoms with Gasteiger partial charge in [-0.05, 0) is 36.4 Å². The average Bonchev–Trinajstić information content (AvgIpc) is 2.54. The molecule has 0 unspecified atom stereocenters. The van der Waals surface area contributed by atoms with Gasteiger partial charge in [-0.15, -0.1) is 0 Å². The molecule has 0 saturated carbocycles. The van der Waals surface area contributed by atoms with Gasteiger partial charge >= 0.3 is 5.97 Å². The van der Waals surface area contributed by atoms with Crippen molar-refractivity contribution in [3.8, 4) is 0 Å². The van der Waals surface area contributed by atoms with Crippen LogP contribution in [0, 0.1) is 0 Å². The average molecular weight is 330 g/mol. The summed E-state index contributed by atoms with van der Waals surface area (Å²) in [5, 5.41) is 3.90. The van der Waals surface area contributed by atoms with E-state index in [-0.39, 0.29) is 11.5 Å². The highest BCUT2D eigenvalue weighted by atomic mass is 35.5. The van der Waals surface area contributed by atoms with E-state index in [2.05, 4.69) is 20.0 Å². The van der Waals surface area contributed by atoms with Crippen LogP contribution in [0.2, 0.25) is 5.02 Å². The topological polar surface area (TPSA) is 84.1 Å². The van der Waals surface area contributed by atoms with Crippen LogP contribution in [0.3, 0.4) is 0 Å². The number of esters is 1. The smallest absolute Gasteiger partial charge is 0.337 e. The van der Waals surface area contributed by atoms with E-state index in [1.54, 1.807) is 42.5 Å². The van der Waals surface area contributed by atoms with E-state index in [1.807, 2.05) is 0 Å². The van der Waals surface area contributed by atoms with E-state index in [4.69, 9.17) is 11.6 Å². The Morgan fingerprint density at radius 1 is 1.26 bits per heavy atom. The summed E-state index contributed by atoms with van der Waals surface area (Å²) in [4.78, 5) is 30.6. The molecule has 6 nitrogen and oxygen atoms in total. The van der Waals surface area contributed by atoms with Gasteiger partial charge in [0.2, 0.25) is 5.95 Å². The number of aromatic amines is 1. The normalized spacial score (nSPS) is 10.5. The van der Waals surface area contributed by atoms with Gasteiger partial charge in [0.05, 0.1) is 23.6 Å². The van der Waals surface area contributed by atoms with Crippen molar-refractivity contribution in [3.63, 3.8) is 0 Å². The number of halogens is 1. The molecule has 0 saturated heterocycles. The highest BCUT2D eigenvalue weighted by Crippen LogP contribution is 2.18. The highest BCUT2D eigenvalue weighted by molar-refractivity contribution is 6.31. The zero-order valence-corrected chi connectivity index (χ0v) is 12.8. The number of hydrogen-bond donors (Lipinski definition) is 2. The Hall–Kier alpha value is -2.86. The summed E-state index contributed by atoms with van der Waals surface area (Å²) in [7, 11) is 1.31. The molecule has 0 aliphatic heterocycles. The fourth-order valence-corrected chi connectivity index (χ4v) is 2.32. The summed E-state index contributed by atoms with van der Waals surface area (Å²) >= 11 is 5.93. The maximum atomic E-state index is 12.1. The van der Waals surface area contributed by atoms with Crippen molar-refractivity contribution in [3.05, 3.63) is 63.4 Å². The Kier molecular flexibility index (Phi) is 3.99. The number of nitrogens with one attached hydrogen (secondary N) is 2. The monoisotopic (exact) mass is 329 g/mol. The van der Waals surface area contributed by atoms with Gasteiger partial charge in [0.15, 0.2) is 0 Å². The standard InChI is InChI=1S/C16H12ClN3O3/c1-23-15(22)9-3-2-4-11(7-9)18-16-19-13-8-10(17)5-6-12(13)14(21)20-16/h2-8H,1H3,(H2,18,19,20,21). The summed E-state index contributed by atoms with van der Waals surface area (Å²) < 4.78 is 4.68. The van der Waals surface area contributed by atoms with Crippen LogP contribution in [0.25, 0.3) is 10.9 Å². The lowest BCUT2D eigenvalue weighted by molar-refractivity contribution is 0.0601. The summed E-state index contributed by atoms with van der Waals surface area (Å²) in [6.07, 6.45) is 0. The third kappa shape index (κ3) is 3.17. The van der Waals surface area contributed by atoms with E-state index in [1.165, 1.54) is 7.11 Å². The predicted molar refractivity (Wildman–Crippen MR) is 88.4 cm³/mol. The van der Waals surface area contributed by atoms with Crippen LogP contribution in [0.5, 0.6) is 0 Å². The maximum absolute atomic E-state index is 12.1. The van der Waals surface area contributed by atoms with Crippen LogP contribution in [0.15, 0.2) is 47.3 Å². The molecule has 3 aromatic rings. The van der Waals surface area contributed by atoms with Gasteiger partial charge in [0.25, 0.3) is 5.56 Å². The summed E-state index contributed by atoms with van der Waals surface area (Å²) in [6.45, 7) is 0. The lowest BCUT2D eigenvalue weighted by Crippen LogP contribution is -2.11. The van der Waals surface area contributed by atoms with Crippen LogP contribution >= 0.6 is 11.6 Å². The van der Waals surface area contributed by atoms with E-state index >= 15 is 0 Å². The first-order valence-corrected chi connectivity index (χ1v) is 7.09. The fraction of sp³-hybridized carbons (Fsp3) is 0.0625. The maximum Gasteiger partial charge on any atom is 0.337 e. The molecular weight excluding hydrogens is 318 g/mol. The molecule has 2 N–H and O–H groups in total. The van der Waals surface area contributed by atoms with Crippen molar-refractivity contribution in [1.82, 2.24) is 9.97 Å². The van der Waals surface area contributed by atoms with Crippen LogP contribution in [-0.2, 0) is 4.74 Å². The summed E-state index contributed by atoms with van der Waals surface area (Å²) in [5.74, 6) is -0.188. The Bertz CT molecular complexity index is 953. The third-order valence-electron chi connectivity index (χ3n) is 3.21. The van der Waals surface area contributed by atoms with E-state index in [0.717, 1.165) is 0 Å². The third-order valence-corrected chi connectivity index (χ3v) is 3.45. The van der Waals surface area contributed by atoms with Gasteiger partial charge in [-0.25, -0.2) is 9.78 Å². The molecule has 7 heteroatoms. The zero-order chi connectivity index (χ0) is 16.4. The molecule has 116 valence electrons. The minimum absolute atomic E-state index is 0.256. The Morgan fingerprint density at radius 3 is 2.87 bits per heavy atom. The minimum atomic E-state index is -0.444. The number of aromatic nitrogens is 2. The van der Waals surface area contributed by atoms with Crippen LogP contribution in [0.1, 0.15) is 10.4 Å². The molecular formula is C16H12ClN3O3. The second-order valence-electron chi connectivity index (χ2n) is 4.77. The number of H-pyrrole nitrogens is 1. The predicted octanol–water partition coefficient (Wildman–Crippen LogP) is 3.11. The van der Waals surface area contributed by atoms with Gasteiger partial charge in [0.1, 0.15) is 0 Å². The summed E-state index contributed by atoms with van der Waals surface area (Å²) in [5.41, 5.74) is 1.19. The number of methoxy groups -OCH3 is 1. The van der Waals surface area contributed by atoms with Crippen molar-refractivity contribution < 1.29 is 9.53 Å². The molecule has 0 amide bonds. The Balaban J connectivity index is 1.98. The number of nitrogens with zero attached hydrogens (tertiary/aromatic N) is 1. The van der Waals surface area contributed by atoms with Crippen LogP contribution in [-0.4, -0.2) is 23.0 Å². The van der Waals surface area contributed by atoms with Crippen molar-refractivity contribution in [2.45, 2.75) is 0 Å². The van der Waals surface area contributed by atoms with Crippen LogP contribution < -0.4 is 10.9 Å². The van der Waals surface area contributed by atoms with E-state index in [0.29, 0.717) is 27.2 Å². The molecule has 2 aromatic carbocycles. The van der Waals surface area contributed by atoms with Crippen molar-refractivity contribution in [2.75, 3.05) is 12.4 Å². The second kappa shape index (κ2) is 6.10. The molecule has 0 fully saturated rings. The molecule has 0 bridgehead atoms.